The van der Waals surface area contributed by atoms with Gasteiger partial charge in [0, 0.05) is 24.3 Å². The van der Waals surface area contributed by atoms with E-state index in [4.69, 9.17) is 9.84 Å². The summed E-state index contributed by atoms with van der Waals surface area (Å²) in [6, 6.07) is 0. The predicted molar refractivity (Wildman–Crippen MR) is 59.6 cm³/mol. The van der Waals surface area contributed by atoms with Crippen molar-refractivity contribution in [1.29, 1.82) is 0 Å². The third-order valence-corrected chi connectivity index (χ3v) is 2.08. The molecule has 0 saturated heterocycles. The van der Waals surface area contributed by atoms with Crippen molar-refractivity contribution in [3.63, 3.8) is 0 Å². The first-order chi connectivity index (χ1) is 6.93. The lowest BCUT2D eigenvalue weighted by Gasteiger charge is -2.25. The number of ether oxygens (including phenoxy) is 1. The lowest BCUT2D eigenvalue weighted by atomic mass is 10.0. The summed E-state index contributed by atoms with van der Waals surface area (Å²) in [4.78, 5) is 11.2. The number of aliphatic hydroxyl groups excluding tert-OH is 1. The summed E-state index contributed by atoms with van der Waals surface area (Å²) in [5, 5.41) is 11.9. The van der Waals surface area contributed by atoms with E-state index in [0.717, 1.165) is 0 Å². The van der Waals surface area contributed by atoms with Crippen LogP contribution >= 0.6 is 0 Å². The van der Waals surface area contributed by atoms with Crippen LogP contribution in [0.5, 0.6) is 0 Å². The number of rotatable bonds is 7. The number of hydrogen-bond donors (Lipinski definition) is 2. The fourth-order valence-corrected chi connectivity index (χ4v) is 1.02. The van der Waals surface area contributed by atoms with E-state index in [2.05, 4.69) is 11.9 Å². The van der Waals surface area contributed by atoms with Crippen LogP contribution in [0.3, 0.4) is 0 Å². The Morgan fingerprint density at radius 2 is 2.13 bits per heavy atom. The Bertz CT molecular complexity index is 224. The minimum atomic E-state index is -0.371. The van der Waals surface area contributed by atoms with E-state index < -0.39 is 0 Å². The van der Waals surface area contributed by atoms with Crippen LogP contribution in [0.25, 0.3) is 0 Å². The number of esters is 1. The van der Waals surface area contributed by atoms with E-state index in [-0.39, 0.29) is 18.1 Å². The maximum atomic E-state index is 11.2. The summed E-state index contributed by atoms with van der Waals surface area (Å²) >= 11 is 0. The second kappa shape index (κ2) is 6.58. The molecule has 4 nitrogen and oxygen atoms in total. The molecule has 0 aliphatic rings. The quantitative estimate of drug-likeness (QED) is 0.488. The van der Waals surface area contributed by atoms with Crippen LogP contribution in [0.1, 0.15) is 27.2 Å². The second-order valence-corrected chi connectivity index (χ2v) is 4.04. The SMILES string of the molecule is C=C(CNC(C)(C)CCO)C(=O)OCC. The van der Waals surface area contributed by atoms with Crippen molar-refractivity contribution in [3.8, 4) is 0 Å². The molecular formula is C11H21NO3. The summed E-state index contributed by atoms with van der Waals surface area (Å²) in [6.45, 7) is 10.2. The Balaban J connectivity index is 3.94. The van der Waals surface area contributed by atoms with Crippen molar-refractivity contribution in [2.24, 2.45) is 0 Å². The van der Waals surface area contributed by atoms with E-state index in [1.807, 2.05) is 13.8 Å². The third kappa shape index (κ3) is 6.25. The van der Waals surface area contributed by atoms with Gasteiger partial charge in [0.15, 0.2) is 0 Å². The molecule has 0 radical (unpaired) electrons. The van der Waals surface area contributed by atoms with Gasteiger partial charge in [0.2, 0.25) is 0 Å². The zero-order valence-electron chi connectivity index (χ0n) is 9.80. The minimum absolute atomic E-state index is 0.117. The van der Waals surface area contributed by atoms with Crippen LogP contribution < -0.4 is 5.32 Å². The standard InChI is InChI=1S/C11H21NO3/c1-5-15-10(14)9(2)8-12-11(3,4)6-7-13/h12-13H,2,5-8H2,1,3-4H3. The molecule has 0 aliphatic carbocycles. The van der Waals surface area contributed by atoms with Gasteiger partial charge in [-0.1, -0.05) is 6.58 Å². The van der Waals surface area contributed by atoms with Crippen molar-refractivity contribution in [3.05, 3.63) is 12.2 Å². The molecule has 0 heterocycles. The van der Waals surface area contributed by atoms with Gasteiger partial charge in [-0.3, -0.25) is 0 Å². The largest absolute Gasteiger partial charge is 0.463 e. The van der Waals surface area contributed by atoms with Gasteiger partial charge in [0.1, 0.15) is 0 Å². The monoisotopic (exact) mass is 215 g/mol. The zero-order valence-corrected chi connectivity index (χ0v) is 9.80. The minimum Gasteiger partial charge on any atom is -0.463 e. The molecule has 0 aromatic rings. The highest BCUT2D eigenvalue weighted by Gasteiger charge is 2.17. The molecule has 2 N–H and O–H groups in total. The summed E-state index contributed by atoms with van der Waals surface area (Å²) in [6.07, 6.45) is 0.628. The predicted octanol–water partition coefficient (Wildman–Crippen LogP) is 0.856. The van der Waals surface area contributed by atoms with Gasteiger partial charge in [-0.25, -0.2) is 4.79 Å². The van der Waals surface area contributed by atoms with Crippen LogP contribution in [0.4, 0.5) is 0 Å². The molecule has 0 rings (SSSR count). The van der Waals surface area contributed by atoms with Gasteiger partial charge in [-0.15, -0.1) is 0 Å². The molecule has 0 aromatic carbocycles. The number of carbonyl (C=O) groups excluding carboxylic acids is 1. The molecular weight excluding hydrogens is 194 g/mol. The van der Waals surface area contributed by atoms with Crippen molar-refractivity contribution < 1.29 is 14.6 Å². The van der Waals surface area contributed by atoms with Crippen LogP contribution in [0.15, 0.2) is 12.2 Å². The lowest BCUT2D eigenvalue weighted by molar-refractivity contribution is -0.138. The number of aliphatic hydroxyl groups is 1. The Morgan fingerprint density at radius 3 is 2.60 bits per heavy atom. The van der Waals surface area contributed by atoms with Gasteiger partial charge in [0.05, 0.1) is 6.61 Å². The molecule has 4 heteroatoms. The van der Waals surface area contributed by atoms with Crippen molar-refractivity contribution >= 4 is 5.97 Å². The summed E-state index contributed by atoms with van der Waals surface area (Å²) in [7, 11) is 0. The highest BCUT2D eigenvalue weighted by molar-refractivity contribution is 5.88. The van der Waals surface area contributed by atoms with E-state index in [9.17, 15) is 4.79 Å². The first-order valence-electron chi connectivity index (χ1n) is 5.13. The van der Waals surface area contributed by atoms with E-state index in [0.29, 0.717) is 25.1 Å². The second-order valence-electron chi connectivity index (χ2n) is 4.04. The maximum Gasteiger partial charge on any atom is 0.334 e. The summed E-state index contributed by atoms with van der Waals surface area (Å²) in [5.74, 6) is -0.371. The normalized spacial score (nSPS) is 11.2. The van der Waals surface area contributed by atoms with Crippen LogP contribution in [0, 0.1) is 0 Å². The molecule has 0 amide bonds. The first-order valence-corrected chi connectivity index (χ1v) is 5.13. The summed E-state index contributed by atoms with van der Waals surface area (Å²) < 4.78 is 4.80. The van der Waals surface area contributed by atoms with Gasteiger partial charge in [0.25, 0.3) is 0 Å². The third-order valence-electron chi connectivity index (χ3n) is 2.08. The van der Waals surface area contributed by atoms with Gasteiger partial charge in [-0.2, -0.15) is 0 Å². The van der Waals surface area contributed by atoms with Crippen LogP contribution in [-0.4, -0.2) is 36.4 Å². The van der Waals surface area contributed by atoms with Gasteiger partial charge < -0.3 is 15.2 Å². The molecule has 15 heavy (non-hydrogen) atoms. The Morgan fingerprint density at radius 1 is 1.53 bits per heavy atom. The number of hydrogen-bond acceptors (Lipinski definition) is 4. The average Bonchev–Trinajstić information content (AvgIpc) is 2.14. The molecule has 88 valence electrons. The maximum absolute atomic E-state index is 11.2. The van der Waals surface area contributed by atoms with Crippen molar-refractivity contribution in [1.82, 2.24) is 5.32 Å². The van der Waals surface area contributed by atoms with Crippen LogP contribution in [-0.2, 0) is 9.53 Å². The van der Waals surface area contributed by atoms with Crippen LogP contribution in [0.2, 0.25) is 0 Å². The molecule has 0 atom stereocenters. The number of nitrogens with one attached hydrogen (secondary N) is 1. The topological polar surface area (TPSA) is 58.6 Å². The molecule has 0 unspecified atom stereocenters. The van der Waals surface area contributed by atoms with E-state index in [1.54, 1.807) is 6.92 Å². The van der Waals surface area contributed by atoms with Gasteiger partial charge >= 0.3 is 5.97 Å². The fourth-order valence-electron chi connectivity index (χ4n) is 1.02. The molecule has 0 aliphatic heterocycles. The lowest BCUT2D eigenvalue weighted by Crippen LogP contribution is -2.41. The molecule has 0 bridgehead atoms. The molecule has 0 spiro atoms. The first kappa shape index (κ1) is 14.1. The summed E-state index contributed by atoms with van der Waals surface area (Å²) in [5.41, 5.74) is 0.201. The van der Waals surface area contributed by atoms with E-state index in [1.165, 1.54) is 0 Å². The highest BCUT2D eigenvalue weighted by Crippen LogP contribution is 2.07. The molecule has 0 aromatic heterocycles. The van der Waals surface area contributed by atoms with E-state index >= 15 is 0 Å². The smallest absolute Gasteiger partial charge is 0.334 e. The Hall–Kier alpha value is -0.870. The molecule has 0 saturated carbocycles. The van der Waals surface area contributed by atoms with Gasteiger partial charge in [-0.05, 0) is 27.2 Å². The Labute approximate surface area is 91.3 Å². The molecule has 0 fully saturated rings. The zero-order chi connectivity index (χ0) is 11.9. The average molecular weight is 215 g/mol. The highest BCUT2D eigenvalue weighted by atomic mass is 16.5. The Kier molecular flexibility index (Phi) is 6.20. The number of carbonyl (C=O) groups is 1. The van der Waals surface area contributed by atoms with Crippen molar-refractivity contribution in [2.45, 2.75) is 32.7 Å². The fraction of sp³-hybridized carbons (Fsp3) is 0.727. The van der Waals surface area contributed by atoms with Crippen molar-refractivity contribution in [2.75, 3.05) is 19.8 Å².